The van der Waals surface area contributed by atoms with Crippen LogP contribution in [0.2, 0.25) is 5.02 Å². The lowest BCUT2D eigenvalue weighted by Gasteiger charge is -2.15. The highest BCUT2D eigenvalue weighted by Gasteiger charge is 2.36. The molecule has 8 heteroatoms. The first-order valence-electron chi connectivity index (χ1n) is 9.44. The topological polar surface area (TPSA) is 75.7 Å². The molecule has 3 amide bonds. The number of hydrogen-bond donors (Lipinski definition) is 1. The fourth-order valence-corrected chi connectivity index (χ4v) is 3.62. The normalized spacial score (nSPS) is 16.1. The van der Waals surface area contributed by atoms with Gasteiger partial charge in [-0.3, -0.25) is 19.3 Å². The van der Waals surface area contributed by atoms with E-state index < -0.39 is 17.1 Å². The van der Waals surface area contributed by atoms with Crippen LogP contribution < -0.4 is 10.1 Å². The van der Waals surface area contributed by atoms with Gasteiger partial charge in [0, 0.05) is 16.3 Å². The number of anilines is 1. The summed E-state index contributed by atoms with van der Waals surface area (Å²) >= 11 is 6.63. The summed E-state index contributed by atoms with van der Waals surface area (Å²) in [6.45, 7) is 3.62. The second kappa shape index (κ2) is 9.82. The molecule has 1 aliphatic heterocycles. The van der Waals surface area contributed by atoms with Crippen molar-refractivity contribution in [3.05, 3.63) is 64.0 Å². The lowest BCUT2D eigenvalue weighted by Crippen LogP contribution is -2.36. The van der Waals surface area contributed by atoms with Gasteiger partial charge in [-0.05, 0) is 61.5 Å². The maximum Gasteiger partial charge on any atom is 0.294 e. The molecule has 1 N–H and O–H groups in total. The zero-order valence-electron chi connectivity index (χ0n) is 16.6. The van der Waals surface area contributed by atoms with Crippen LogP contribution >= 0.6 is 23.4 Å². The van der Waals surface area contributed by atoms with Crippen LogP contribution in [0.3, 0.4) is 0 Å². The largest absolute Gasteiger partial charge is 0.490 e. The molecule has 2 aromatic rings. The summed E-state index contributed by atoms with van der Waals surface area (Å²) < 4.78 is 5.90. The Morgan fingerprint density at radius 1 is 1.20 bits per heavy atom. The predicted octanol–water partition coefficient (Wildman–Crippen LogP) is 5.19. The number of carbonyl (C=O) groups excluding carboxylic acids is 3. The molecular formula is C22H21ClN2O4S. The van der Waals surface area contributed by atoms with Gasteiger partial charge in [-0.25, -0.2) is 0 Å². The first-order chi connectivity index (χ1) is 14.4. The second-order valence-electron chi connectivity index (χ2n) is 6.70. The van der Waals surface area contributed by atoms with Crippen LogP contribution in [0.15, 0.2) is 53.4 Å². The number of amides is 3. The number of carbonyl (C=O) groups is 3. The van der Waals surface area contributed by atoms with Crippen molar-refractivity contribution in [2.75, 3.05) is 11.9 Å². The molecule has 0 radical (unpaired) electrons. The third-order valence-electron chi connectivity index (χ3n) is 4.41. The molecule has 3 rings (SSSR count). The molecule has 1 atom stereocenters. The Kier molecular flexibility index (Phi) is 7.18. The third-order valence-corrected chi connectivity index (χ3v) is 5.57. The number of ether oxygens (including phenoxy) is 1. The number of hydrogen-bond acceptors (Lipinski definition) is 5. The lowest BCUT2D eigenvalue weighted by molar-refractivity contribution is -0.127. The van der Waals surface area contributed by atoms with Crippen molar-refractivity contribution in [3.8, 4) is 5.75 Å². The van der Waals surface area contributed by atoms with Crippen LogP contribution in [-0.2, 0) is 9.59 Å². The minimum Gasteiger partial charge on any atom is -0.490 e. The van der Waals surface area contributed by atoms with Crippen LogP contribution in [0.1, 0.15) is 25.8 Å². The number of imide groups is 1. The molecular weight excluding hydrogens is 424 g/mol. The van der Waals surface area contributed by atoms with E-state index in [-0.39, 0.29) is 17.6 Å². The van der Waals surface area contributed by atoms with E-state index in [1.165, 1.54) is 0 Å². The summed E-state index contributed by atoms with van der Waals surface area (Å²) in [5.41, 5.74) is 1.23. The highest BCUT2D eigenvalue weighted by molar-refractivity contribution is 8.18. The number of halogens is 1. The van der Waals surface area contributed by atoms with Crippen molar-refractivity contribution in [1.29, 1.82) is 0 Å². The Labute approximate surface area is 184 Å². The van der Waals surface area contributed by atoms with Crippen LogP contribution in [0.5, 0.6) is 5.75 Å². The molecule has 2 aromatic carbocycles. The molecule has 0 bridgehead atoms. The molecule has 1 aliphatic rings. The van der Waals surface area contributed by atoms with Crippen molar-refractivity contribution in [1.82, 2.24) is 4.90 Å². The van der Waals surface area contributed by atoms with Gasteiger partial charge in [0.1, 0.15) is 12.3 Å². The Bertz CT molecular complexity index is 991. The molecule has 1 heterocycles. The van der Waals surface area contributed by atoms with Gasteiger partial charge in [-0.15, -0.1) is 0 Å². The number of nitrogens with one attached hydrogen (secondary N) is 1. The molecule has 0 saturated carbocycles. The fourth-order valence-electron chi connectivity index (χ4n) is 2.66. The van der Waals surface area contributed by atoms with Crippen molar-refractivity contribution < 1.29 is 19.1 Å². The summed E-state index contributed by atoms with van der Waals surface area (Å²) in [6, 6.07) is 13.9. The monoisotopic (exact) mass is 444 g/mol. The number of benzene rings is 2. The molecule has 6 nitrogen and oxygen atoms in total. The first kappa shape index (κ1) is 21.9. The van der Waals surface area contributed by atoms with Gasteiger partial charge in [-0.2, -0.15) is 0 Å². The number of para-hydroxylation sites is 1. The zero-order valence-corrected chi connectivity index (χ0v) is 18.1. The number of nitrogens with zero attached hydrogens (tertiary/aromatic N) is 1. The van der Waals surface area contributed by atoms with E-state index in [4.69, 9.17) is 16.3 Å². The van der Waals surface area contributed by atoms with E-state index in [0.717, 1.165) is 23.1 Å². The number of rotatable bonds is 7. The standard InChI is InChI=1S/C22H21ClN2O4S/c1-3-14(2)29-18-7-5-4-6-15(18)12-19-21(27)25(22(28)30-19)13-20(26)24-17-10-8-16(23)9-11-17/h4-12,14H,3,13H2,1-2H3,(H,24,26)/b19-12+/t14-/m1/s1. The van der Waals surface area contributed by atoms with Crippen LogP contribution in [0, 0.1) is 0 Å². The molecule has 30 heavy (non-hydrogen) atoms. The summed E-state index contributed by atoms with van der Waals surface area (Å²) in [6.07, 6.45) is 2.49. The average molecular weight is 445 g/mol. The molecule has 0 aromatic heterocycles. The van der Waals surface area contributed by atoms with Gasteiger partial charge in [0.05, 0.1) is 11.0 Å². The van der Waals surface area contributed by atoms with Crippen LogP contribution in [0.4, 0.5) is 10.5 Å². The summed E-state index contributed by atoms with van der Waals surface area (Å²) in [7, 11) is 0. The van der Waals surface area contributed by atoms with E-state index in [0.29, 0.717) is 22.0 Å². The molecule has 156 valence electrons. The van der Waals surface area contributed by atoms with Crippen molar-refractivity contribution in [2.45, 2.75) is 26.4 Å². The second-order valence-corrected chi connectivity index (χ2v) is 8.13. The molecule has 1 saturated heterocycles. The highest BCUT2D eigenvalue weighted by atomic mass is 35.5. The maximum atomic E-state index is 12.7. The van der Waals surface area contributed by atoms with Gasteiger partial charge in [0.2, 0.25) is 5.91 Å². The Balaban J connectivity index is 1.71. The summed E-state index contributed by atoms with van der Waals surface area (Å²) in [4.78, 5) is 38.5. The quantitative estimate of drug-likeness (QED) is 0.594. The van der Waals surface area contributed by atoms with Crippen molar-refractivity contribution in [3.63, 3.8) is 0 Å². The van der Waals surface area contributed by atoms with E-state index in [9.17, 15) is 14.4 Å². The Morgan fingerprint density at radius 3 is 2.60 bits per heavy atom. The third kappa shape index (κ3) is 5.43. The van der Waals surface area contributed by atoms with Crippen molar-refractivity contribution >= 4 is 52.2 Å². The molecule has 0 aliphatic carbocycles. The lowest BCUT2D eigenvalue weighted by atomic mass is 10.1. The zero-order chi connectivity index (χ0) is 21.7. The molecule has 1 fully saturated rings. The molecule has 0 spiro atoms. The highest BCUT2D eigenvalue weighted by Crippen LogP contribution is 2.34. The van der Waals surface area contributed by atoms with E-state index in [1.807, 2.05) is 38.1 Å². The Morgan fingerprint density at radius 2 is 1.90 bits per heavy atom. The van der Waals surface area contributed by atoms with Crippen molar-refractivity contribution in [2.24, 2.45) is 0 Å². The van der Waals surface area contributed by atoms with E-state index in [1.54, 1.807) is 30.3 Å². The summed E-state index contributed by atoms with van der Waals surface area (Å²) in [5, 5.41) is 2.70. The van der Waals surface area contributed by atoms with E-state index in [2.05, 4.69) is 5.32 Å². The number of thioether (sulfide) groups is 1. The average Bonchev–Trinajstić information content (AvgIpc) is 2.98. The van der Waals surface area contributed by atoms with Crippen LogP contribution in [-0.4, -0.2) is 34.6 Å². The first-order valence-corrected chi connectivity index (χ1v) is 10.6. The minimum absolute atomic E-state index is 0.0196. The maximum absolute atomic E-state index is 12.7. The van der Waals surface area contributed by atoms with Gasteiger partial charge in [0.25, 0.3) is 11.1 Å². The van der Waals surface area contributed by atoms with Gasteiger partial charge >= 0.3 is 0 Å². The fraction of sp³-hybridized carbons (Fsp3) is 0.227. The predicted molar refractivity (Wildman–Crippen MR) is 120 cm³/mol. The summed E-state index contributed by atoms with van der Waals surface area (Å²) in [5.74, 6) is -0.338. The SMILES string of the molecule is CC[C@@H](C)Oc1ccccc1/C=C1/SC(=O)N(CC(=O)Nc2ccc(Cl)cc2)C1=O. The van der Waals surface area contributed by atoms with Gasteiger partial charge in [0.15, 0.2) is 0 Å². The van der Waals surface area contributed by atoms with Crippen LogP contribution in [0.25, 0.3) is 6.08 Å². The smallest absolute Gasteiger partial charge is 0.294 e. The van der Waals surface area contributed by atoms with Gasteiger partial charge in [-0.1, -0.05) is 36.7 Å². The Hall–Kier alpha value is -2.77. The minimum atomic E-state index is -0.505. The molecule has 0 unspecified atom stereocenters. The van der Waals surface area contributed by atoms with Gasteiger partial charge < -0.3 is 10.1 Å². The van der Waals surface area contributed by atoms with E-state index >= 15 is 0 Å².